The monoisotopic (exact) mass is 490 g/mol. The van der Waals surface area contributed by atoms with Crippen molar-refractivity contribution in [2.24, 2.45) is 14.1 Å². The van der Waals surface area contributed by atoms with E-state index in [1.807, 2.05) is 16.7 Å². The number of benzene rings is 1. The van der Waals surface area contributed by atoms with Crippen LogP contribution >= 0.6 is 23.4 Å². The normalized spacial score (nSPS) is 14.3. The molecule has 0 saturated heterocycles. The minimum absolute atomic E-state index is 0.155. The zero-order valence-electron chi connectivity index (χ0n) is 18.3. The maximum Gasteiger partial charge on any atom is 0.332 e. The lowest BCUT2D eigenvalue weighted by Crippen LogP contribution is -2.42. The van der Waals surface area contributed by atoms with Crippen molar-refractivity contribution in [3.8, 4) is 5.75 Å². The molecule has 10 nitrogen and oxygen atoms in total. The van der Waals surface area contributed by atoms with Crippen molar-refractivity contribution in [1.29, 1.82) is 0 Å². The molecule has 0 spiro atoms. The molecule has 1 fully saturated rings. The fraction of sp³-hybridized carbons (Fsp3) is 0.381. The molecule has 4 rings (SSSR count). The highest BCUT2D eigenvalue weighted by Gasteiger charge is 2.32. The number of hydrogen-bond acceptors (Lipinski definition) is 8. The van der Waals surface area contributed by atoms with E-state index in [1.165, 1.54) is 25.9 Å². The predicted molar refractivity (Wildman–Crippen MR) is 125 cm³/mol. The van der Waals surface area contributed by atoms with Gasteiger partial charge in [-0.3, -0.25) is 23.3 Å². The summed E-state index contributed by atoms with van der Waals surface area (Å²) in [7, 11) is 2.73. The lowest BCUT2D eigenvalue weighted by molar-refractivity contribution is 0.0992. The average Bonchev–Trinajstić information content (AvgIpc) is 3.56. The Morgan fingerprint density at radius 2 is 1.94 bits per heavy atom. The summed E-state index contributed by atoms with van der Waals surface area (Å²) < 4.78 is 9.75. The van der Waals surface area contributed by atoms with Crippen LogP contribution in [0.15, 0.2) is 39.0 Å². The van der Waals surface area contributed by atoms with Crippen molar-refractivity contribution in [3.63, 3.8) is 0 Å². The van der Waals surface area contributed by atoms with Crippen LogP contribution in [0.2, 0.25) is 5.02 Å². The van der Waals surface area contributed by atoms with Crippen LogP contribution in [0.3, 0.4) is 0 Å². The largest absolute Gasteiger partial charge is 0.484 e. The lowest BCUT2D eigenvalue weighted by Gasteiger charge is -2.15. The molecule has 1 aliphatic carbocycles. The summed E-state index contributed by atoms with van der Waals surface area (Å²) >= 11 is 7.35. The number of carbonyl (C=O) groups excluding carboxylic acids is 1. The van der Waals surface area contributed by atoms with Gasteiger partial charge in [0.1, 0.15) is 23.7 Å². The first-order valence-corrected chi connectivity index (χ1v) is 11.5. The van der Waals surface area contributed by atoms with E-state index in [1.54, 1.807) is 19.1 Å². The number of nitrogens with zero attached hydrogens (tertiary/aromatic N) is 5. The van der Waals surface area contributed by atoms with Gasteiger partial charge in [-0.15, -0.1) is 10.2 Å². The molecule has 33 heavy (non-hydrogen) atoms. The third-order valence-corrected chi connectivity index (χ3v) is 6.82. The van der Waals surface area contributed by atoms with Crippen molar-refractivity contribution in [2.75, 3.05) is 5.73 Å². The summed E-state index contributed by atoms with van der Waals surface area (Å²) in [6.45, 7) is 1.84. The fourth-order valence-corrected chi connectivity index (χ4v) is 4.58. The minimum Gasteiger partial charge on any atom is -0.484 e. The van der Waals surface area contributed by atoms with E-state index in [0.717, 1.165) is 22.0 Å². The molecule has 2 heterocycles. The highest BCUT2D eigenvalue weighted by Crippen LogP contribution is 2.40. The number of nitrogens with two attached hydrogens (primary N) is 1. The smallest absolute Gasteiger partial charge is 0.332 e. The molecule has 1 aliphatic rings. The summed E-state index contributed by atoms with van der Waals surface area (Å²) in [5.41, 5.74) is 4.43. The van der Waals surface area contributed by atoms with E-state index >= 15 is 0 Å². The summed E-state index contributed by atoms with van der Waals surface area (Å²) in [4.78, 5) is 37.8. The van der Waals surface area contributed by atoms with Crippen LogP contribution < -0.4 is 21.7 Å². The summed E-state index contributed by atoms with van der Waals surface area (Å²) in [5, 5.41) is 8.89. The van der Waals surface area contributed by atoms with E-state index in [9.17, 15) is 14.4 Å². The molecule has 0 aliphatic heterocycles. The molecule has 0 amide bonds. The molecule has 0 radical (unpaired) electrons. The molecule has 1 unspecified atom stereocenters. The Hall–Kier alpha value is -3.05. The Labute approximate surface area is 198 Å². The number of thioether (sulfide) groups is 1. The van der Waals surface area contributed by atoms with Gasteiger partial charge in [-0.25, -0.2) is 4.79 Å². The first-order valence-electron chi connectivity index (χ1n) is 10.3. The van der Waals surface area contributed by atoms with Gasteiger partial charge in [-0.05, 0) is 31.9 Å². The molecule has 1 saturated carbocycles. The number of halogens is 1. The number of carbonyl (C=O) groups is 1. The number of aromatic nitrogens is 5. The lowest BCUT2D eigenvalue weighted by atomic mass is 10.1. The highest BCUT2D eigenvalue weighted by molar-refractivity contribution is 8.00. The van der Waals surface area contributed by atoms with Crippen LogP contribution in [0.5, 0.6) is 5.75 Å². The summed E-state index contributed by atoms with van der Waals surface area (Å²) in [6.07, 6.45) is 1.95. The Bertz CT molecular complexity index is 1340. The molecule has 12 heteroatoms. The van der Waals surface area contributed by atoms with Gasteiger partial charge in [-0.2, -0.15) is 0 Å². The zero-order valence-corrected chi connectivity index (χ0v) is 19.9. The SMILES string of the molecule is CC(Sc1nnc(COc2ccccc2Cl)n1C1CC1)C(=O)c1c(N)n(C)c(=O)n(C)c1=O. The van der Waals surface area contributed by atoms with Gasteiger partial charge in [0, 0.05) is 20.1 Å². The predicted octanol–water partition coefficient (Wildman–Crippen LogP) is 2.19. The summed E-state index contributed by atoms with van der Waals surface area (Å²) in [6, 6.07) is 7.39. The van der Waals surface area contributed by atoms with E-state index in [0.29, 0.717) is 21.8 Å². The number of ketones is 1. The Morgan fingerprint density at radius 3 is 2.61 bits per heavy atom. The molecular formula is C21H23ClN6O4S. The Balaban J connectivity index is 1.57. The van der Waals surface area contributed by atoms with Gasteiger partial charge in [0.2, 0.25) is 0 Å². The standard InChI is InChI=1S/C21H23ClN6O4S/c1-11(17(29)16-18(23)26(2)21(31)27(3)19(16)30)33-20-25-24-15(28(20)12-8-9-12)10-32-14-7-5-4-6-13(14)22/h4-7,11-12H,8-10,23H2,1-3H3. The van der Waals surface area contributed by atoms with Crippen LogP contribution in [-0.2, 0) is 20.7 Å². The van der Waals surface area contributed by atoms with Gasteiger partial charge < -0.3 is 10.5 Å². The Morgan fingerprint density at radius 1 is 1.24 bits per heavy atom. The number of nitrogen functional groups attached to an aromatic ring is 1. The second-order valence-corrected chi connectivity index (χ2v) is 9.52. The first kappa shape index (κ1) is 23.1. The van der Waals surface area contributed by atoms with Crippen molar-refractivity contribution in [1.82, 2.24) is 23.9 Å². The van der Waals surface area contributed by atoms with Crippen molar-refractivity contribution < 1.29 is 9.53 Å². The highest BCUT2D eigenvalue weighted by atomic mass is 35.5. The van der Waals surface area contributed by atoms with E-state index in [-0.39, 0.29) is 24.0 Å². The van der Waals surface area contributed by atoms with Gasteiger partial charge in [0.05, 0.1) is 10.3 Å². The fourth-order valence-electron chi connectivity index (χ4n) is 3.40. The summed E-state index contributed by atoms with van der Waals surface area (Å²) in [5.74, 6) is 0.534. The number of anilines is 1. The molecule has 2 aromatic heterocycles. The third-order valence-electron chi connectivity index (χ3n) is 5.45. The van der Waals surface area contributed by atoms with E-state index in [4.69, 9.17) is 22.1 Å². The molecule has 2 N–H and O–H groups in total. The topological polar surface area (TPSA) is 127 Å². The number of ether oxygens (including phenoxy) is 1. The molecule has 174 valence electrons. The van der Waals surface area contributed by atoms with Crippen molar-refractivity contribution in [2.45, 2.75) is 42.8 Å². The number of para-hydroxylation sites is 1. The molecule has 1 aromatic carbocycles. The van der Waals surface area contributed by atoms with Crippen LogP contribution in [0.4, 0.5) is 5.82 Å². The van der Waals surface area contributed by atoms with Gasteiger partial charge in [-0.1, -0.05) is 35.5 Å². The molecular weight excluding hydrogens is 468 g/mol. The van der Waals surface area contributed by atoms with Crippen molar-refractivity contribution >= 4 is 35.0 Å². The van der Waals surface area contributed by atoms with Crippen molar-refractivity contribution in [3.05, 3.63) is 61.5 Å². The van der Waals surface area contributed by atoms with Crippen LogP contribution in [0.25, 0.3) is 0 Å². The number of hydrogen-bond donors (Lipinski definition) is 1. The van der Waals surface area contributed by atoms with Gasteiger partial charge in [0.15, 0.2) is 16.8 Å². The second kappa shape index (κ2) is 9.06. The number of rotatable bonds is 8. The maximum absolute atomic E-state index is 13.1. The quantitative estimate of drug-likeness (QED) is 0.376. The van der Waals surface area contributed by atoms with E-state index < -0.39 is 22.3 Å². The van der Waals surface area contributed by atoms with Crippen LogP contribution in [0, 0.1) is 0 Å². The Kier molecular flexibility index (Phi) is 6.35. The third kappa shape index (κ3) is 4.42. The van der Waals surface area contributed by atoms with Gasteiger partial charge >= 0.3 is 5.69 Å². The van der Waals surface area contributed by atoms with Gasteiger partial charge in [0.25, 0.3) is 5.56 Å². The number of Topliss-reactive ketones (excluding diaryl/α,β-unsaturated/α-hetero) is 1. The molecule has 0 bridgehead atoms. The second-order valence-electron chi connectivity index (χ2n) is 7.81. The molecule has 1 atom stereocenters. The minimum atomic E-state index is -0.717. The van der Waals surface area contributed by atoms with Crippen LogP contribution in [0.1, 0.15) is 42.0 Å². The first-order chi connectivity index (χ1) is 15.7. The average molecular weight is 491 g/mol. The van der Waals surface area contributed by atoms with Crippen LogP contribution in [-0.4, -0.2) is 34.9 Å². The zero-order chi connectivity index (χ0) is 23.9. The molecule has 3 aromatic rings. The maximum atomic E-state index is 13.1. The van der Waals surface area contributed by atoms with E-state index in [2.05, 4.69) is 10.2 Å².